The quantitative estimate of drug-likeness (QED) is 0.168. The number of anilines is 1. The second-order valence-electron chi connectivity index (χ2n) is 11.8. The minimum absolute atomic E-state index is 0.0136. The Morgan fingerprint density at radius 2 is 1.53 bits per heavy atom. The molecule has 0 radical (unpaired) electrons. The van der Waals surface area contributed by atoms with Crippen molar-refractivity contribution >= 4 is 50.7 Å². The molecule has 4 aromatic carbocycles. The highest BCUT2D eigenvalue weighted by molar-refractivity contribution is 7.92. The van der Waals surface area contributed by atoms with E-state index in [2.05, 4.69) is 5.32 Å². The number of hydrogen-bond acceptors (Lipinski definition) is 4. The minimum atomic E-state index is -4.30. The molecule has 1 saturated carbocycles. The number of sulfonamides is 1. The molecule has 1 aliphatic rings. The summed E-state index contributed by atoms with van der Waals surface area (Å²) in [5.41, 5.74) is 2.39. The molecular weight excluding hydrogens is 660 g/mol. The van der Waals surface area contributed by atoms with Crippen LogP contribution < -0.4 is 9.62 Å². The molecule has 0 unspecified atom stereocenters. The Kier molecular flexibility index (Phi) is 11.2. The summed E-state index contributed by atoms with van der Waals surface area (Å²) in [7, 11) is -4.30. The molecule has 0 bridgehead atoms. The second-order valence-corrected chi connectivity index (χ2v) is 14.4. The standard InChI is InChI=1S/C36H36Cl2FN3O4S/c1-25-11-18-31(19-12-25)47(45,46)42(30-16-14-28(39)15-17-30)24-35(43)41(23-27-13-20-32(37)33(38)21-27)34(22-26-7-3-2-4-8-26)36(44)40-29-9-5-6-10-29/h2-4,7-8,11-21,29,34H,5-6,9-10,22-24H2,1H3,(H,40,44)/t34-/m1/s1. The summed E-state index contributed by atoms with van der Waals surface area (Å²) in [4.78, 5) is 30.0. The highest BCUT2D eigenvalue weighted by Gasteiger charge is 2.35. The predicted octanol–water partition coefficient (Wildman–Crippen LogP) is 7.34. The smallest absolute Gasteiger partial charge is 0.264 e. The summed E-state index contributed by atoms with van der Waals surface area (Å²) in [6, 6.07) is 24.4. The highest BCUT2D eigenvalue weighted by atomic mass is 35.5. The van der Waals surface area contributed by atoms with Crippen LogP contribution >= 0.6 is 23.2 Å². The van der Waals surface area contributed by atoms with Crippen LogP contribution in [0.4, 0.5) is 10.1 Å². The van der Waals surface area contributed by atoms with Crippen LogP contribution in [0.2, 0.25) is 10.0 Å². The van der Waals surface area contributed by atoms with E-state index in [9.17, 15) is 22.4 Å². The van der Waals surface area contributed by atoms with Gasteiger partial charge in [-0.1, -0.05) is 90.1 Å². The fourth-order valence-electron chi connectivity index (χ4n) is 5.73. The molecule has 2 amide bonds. The lowest BCUT2D eigenvalue weighted by Crippen LogP contribution is -2.54. The molecular formula is C36H36Cl2FN3O4S. The number of benzene rings is 4. The van der Waals surface area contributed by atoms with Crippen LogP contribution in [0.15, 0.2) is 102 Å². The molecule has 0 aromatic heterocycles. The fraction of sp³-hybridized carbons (Fsp3) is 0.278. The van der Waals surface area contributed by atoms with Gasteiger partial charge >= 0.3 is 0 Å². The summed E-state index contributed by atoms with van der Waals surface area (Å²) in [5, 5.41) is 3.75. The van der Waals surface area contributed by atoms with Gasteiger partial charge in [-0.2, -0.15) is 0 Å². The van der Waals surface area contributed by atoms with Crippen LogP contribution in [-0.2, 0) is 32.6 Å². The Balaban J connectivity index is 1.57. The van der Waals surface area contributed by atoms with E-state index in [0.29, 0.717) is 10.6 Å². The number of carbonyl (C=O) groups excluding carboxylic acids is 2. The lowest BCUT2D eigenvalue weighted by Gasteiger charge is -2.34. The van der Waals surface area contributed by atoms with Gasteiger partial charge in [0.1, 0.15) is 18.4 Å². The van der Waals surface area contributed by atoms with Crippen LogP contribution in [0.25, 0.3) is 0 Å². The molecule has 0 aliphatic heterocycles. The molecule has 5 rings (SSSR count). The van der Waals surface area contributed by atoms with Crippen molar-refractivity contribution in [2.75, 3.05) is 10.8 Å². The van der Waals surface area contributed by atoms with Gasteiger partial charge in [-0.3, -0.25) is 13.9 Å². The van der Waals surface area contributed by atoms with Gasteiger partial charge in [-0.25, -0.2) is 12.8 Å². The summed E-state index contributed by atoms with van der Waals surface area (Å²) < 4.78 is 43.1. The molecule has 4 aromatic rings. The van der Waals surface area contributed by atoms with E-state index < -0.39 is 34.3 Å². The van der Waals surface area contributed by atoms with Gasteiger partial charge < -0.3 is 10.2 Å². The third-order valence-electron chi connectivity index (χ3n) is 8.31. The number of halogens is 3. The van der Waals surface area contributed by atoms with E-state index >= 15 is 0 Å². The molecule has 11 heteroatoms. The van der Waals surface area contributed by atoms with Crippen molar-refractivity contribution in [2.24, 2.45) is 0 Å². The van der Waals surface area contributed by atoms with Crippen LogP contribution in [0.5, 0.6) is 0 Å². The molecule has 1 atom stereocenters. The first-order valence-electron chi connectivity index (χ1n) is 15.4. The molecule has 246 valence electrons. The SMILES string of the molecule is Cc1ccc(S(=O)(=O)N(CC(=O)N(Cc2ccc(Cl)c(Cl)c2)[C@H](Cc2ccccc2)C(=O)NC2CCCC2)c2ccc(F)cc2)cc1. The molecule has 1 aliphatic carbocycles. The summed E-state index contributed by atoms with van der Waals surface area (Å²) in [6.07, 6.45) is 3.89. The van der Waals surface area contributed by atoms with Crippen molar-refractivity contribution in [1.29, 1.82) is 0 Å². The zero-order chi connectivity index (χ0) is 33.6. The molecule has 0 heterocycles. The van der Waals surface area contributed by atoms with Gasteiger partial charge in [-0.05, 0) is 79.4 Å². The Morgan fingerprint density at radius 3 is 2.17 bits per heavy atom. The topological polar surface area (TPSA) is 86.8 Å². The average molecular weight is 697 g/mol. The maximum absolute atomic E-state index is 14.6. The lowest BCUT2D eigenvalue weighted by molar-refractivity contribution is -0.140. The van der Waals surface area contributed by atoms with E-state index in [1.165, 1.54) is 29.2 Å². The molecule has 1 fully saturated rings. The molecule has 0 spiro atoms. The fourth-order valence-corrected chi connectivity index (χ4v) is 7.46. The summed E-state index contributed by atoms with van der Waals surface area (Å²) >= 11 is 12.5. The Labute approximate surface area is 285 Å². The first-order valence-corrected chi connectivity index (χ1v) is 17.6. The summed E-state index contributed by atoms with van der Waals surface area (Å²) in [6.45, 7) is 1.14. The normalized spacial score (nSPS) is 14.0. The number of rotatable bonds is 12. The zero-order valence-electron chi connectivity index (χ0n) is 25.9. The maximum atomic E-state index is 14.6. The monoisotopic (exact) mass is 695 g/mol. The lowest BCUT2D eigenvalue weighted by atomic mass is 10.0. The third-order valence-corrected chi connectivity index (χ3v) is 10.8. The Hall–Kier alpha value is -3.92. The second kappa shape index (κ2) is 15.3. The van der Waals surface area contributed by atoms with Crippen LogP contribution in [0, 0.1) is 12.7 Å². The highest BCUT2D eigenvalue weighted by Crippen LogP contribution is 2.28. The number of aryl methyl sites for hydroxylation is 1. The number of nitrogens with zero attached hydrogens (tertiary/aromatic N) is 2. The maximum Gasteiger partial charge on any atom is 0.264 e. The minimum Gasteiger partial charge on any atom is -0.352 e. The molecule has 1 N–H and O–H groups in total. The van der Waals surface area contributed by atoms with E-state index in [1.807, 2.05) is 37.3 Å². The summed E-state index contributed by atoms with van der Waals surface area (Å²) in [5.74, 6) is -1.51. The number of hydrogen-bond donors (Lipinski definition) is 1. The van der Waals surface area contributed by atoms with Crippen LogP contribution in [0.3, 0.4) is 0 Å². The van der Waals surface area contributed by atoms with Crippen molar-refractivity contribution in [3.8, 4) is 0 Å². The van der Waals surface area contributed by atoms with Crippen molar-refractivity contribution in [2.45, 2.75) is 62.6 Å². The van der Waals surface area contributed by atoms with E-state index in [1.54, 1.807) is 30.3 Å². The van der Waals surface area contributed by atoms with Gasteiger partial charge in [0.25, 0.3) is 10.0 Å². The van der Waals surface area contributed by atoms with Gasteiger partial charge in [0.15, 0.2) is 0 Å². The zero-order valence-corrected chi connectivity index (χ0v) is 28.2. The van der Waals surface area contributed by atoms with Gasteiger partial charge in [0.2, 0.25) is 11.8 Å². The first kappa shape index (κ1) is 34.4. The average Bonchev–Trinajstić information content (AvgIpc) is 3.57. The molecule has 0 saturated heterocycles. The molecule has 7 nitrogen and oxygen atoms in total. The largest absolute Gasteiger partial charge is 0.352 e. The van der Waals surface area contributed by atoms with Crippen LogP contribution in [-0.4, -0.2) is 43.8 Å². The van der Waals surface area contributed by atoms with Crippen molar-refractivity contribution in [1.82, 2.24) is 10.2 Å². The van der Waals surface area contributed by atoms with Crippen molar-refractivity contribution in [3.05, 3.63) is 130 Å². The number of amides is 2. The van der Waals surface area contributed by atoms with E-state index in [-0.39, 0.29) is 40.5 Å². The predicted molar refractivity (Wildman–Crippen MR) is 183 cm³/mol. The van der Waals surface area contributed by atoms with Gasteiger partial charge in [-0.15, -0.1) is 0 Å². The Bertz CT molecular complexity index is 1800. The Morgan fingerprint density at radius 1 is 0.872 bits per heavy atom. The van der Waals surface area contributed by atoms with E-state index in [4.69, 9.17) is 23.2 Å². The van der Waals surface area contributed by atoms with Crippen molar-refractivity contribution in [3.63, 3.8) is 0 Å². The molecule has 47 heavy (non-hydrogen) atoms. The number of nitrogens with one attached hydrogen (secondary N) is 1. The van der Waals surface area contributed by atoms with Gasteiger partial charge in [0.05, 0.1) is 20.6 Å². The third kappa shape index (κ3) is 8.71. The number of carbonyl (C=O) groups is 2. The van der Waals surface area contributed by atoms with E-state index in [0.717, 1.165) is 53.2 Å². The first-order chi connectivity index (χ1) is 22.5. The van der Waals surface area contributed by atoms with Crippen molar-refractivity contribution < 1.29 is 22.4 Å². The van der Waals surface area contributed by atoms with Crippen LogP contribution in [0.1, 0.15) is 42.4 Å². The van der Waals surface area contributed by atoms with Gasteiger partial charge in [0, 0.05) is 19.0 Å².